The lowest BCUT2D eigenvalue weighted by molar-refractivity contribution is -0.138. The van der Waals surface area contributed by atoms with Gasteiger partial charge in [0.2, 0.25) is 11.8 Å². The summed E-state index contributed by atoms with van der Waals surface area (Å²) in [6.45, 7) is 1.30. The standard InChI is InChI=1S/C21H21ClFN5O3/c1-12(21(31)25-10-13-6-5-8-15(22)18(13)23)27(2)17(29)11-28-16-9-4-3-7-14(16)19(26-28)20(24)30/h3-9,12H,10-11H2,1-2H3,(H2,24,30)(H,25,31)/t12-/m0/s1. The van der Waals surface area contributed by atoms with E-state index >= 15 is 0 Å². The first-order valence-electron chi connectivity index (χ1n) is 9.42. The Morgan fingerprint density at radius 2 is 1.94 bits per heavy atom. The Labute approximate surface area is 182 Å². The lowest BCUT2D eigenvalue weighted by Crippen LogP contribution is -2.46. The van der Waals surface area contributed by atoms with Gasteiger partial charge < -0.3 is 16.0 Å². The number of nitrogens with one attached hydrogen (secondary N) is 1. The molecule has 31 heavy (non-hydrogen) atoms. The van der Waals surface area contributed by atoms with E-state index in [1.807, 2.05) is 0 Å². The largest absolute Gasteiger partial charge is 0.364 e. The molecule has 2 aromatic carbocycles. The molecule has 0 aliphatic carbocycles. The fraction of sp³-hybridized carbons (Fsp3) is 0.238. The van der Waals surface area contributed by atoms with Crippen molar-refractivity contribution in [2.75, 3.05) is 7.05 Å². The smallest absolute Gasteiger partial charge is 0.269 e. The van der Waals surface area contributed by atoms with E-state index in [4.69, 9.17) is 17.3 Å². The second-order valence-corrected chi connectivity index (χ2v) is 7.41. The van der Waals surface area contributed by atoms with Crippen LogP contribution in [0.5, 0.6) is 0 Å². The van der Waals surface area contributed by atoms with Crippen LogP contribution in [0.3, 0.4) is 0 Å². The van der Waals surface area contributed by atoms with Crippen molar-refractivity contribution in [1.82, 2.24) is 20.0 Å². The molecule has 3 aromatic rings. The highest BCUT2D eigenvalue weighted by Crippen LogP contribution is 2.19. The highest BCUT2D eigenvalue weighted by atomic mass is 35.5. The van der Waals surface area contributed by atoms with Crippen molar-refractivity contribution < 1.29 is 18.8 Å². The zero-order valence-electron chi connectivity index (χ0n) is 16.9. The van der Waals surface area contributed by atoms with Gasteiger partial charge in [0.05, 0.1) is 10.5 Å². The molecule has 0 saturated carbocycles. The molecule has 10 heteroatoms. The number of fused-ring (bicyclic) bond motifs is 1. The monoisotopic (exact) mass is 445 g/mol. The van der Waals surface area contributed by atoms with Crippen molar-refractivity contribution in [2.45, 2.75) is 26.1 Å². The summed E-state index contributed by atoms with van der Waals surface area (Å²) in [5.41, 5.74) is 6.26. The van der Waals surface area contributed by atoms with Gasteiger partial charge in [-0.3, -0.25) is 19.1 Å². The predicted octanol–water partition coefficient (Wildman–Crippen LogP) is 2.09. The van der Waals surface area contributed by atoms with Crippen molar-refractivity contribution in [3.05, 3.63) is 64.6 Å². The number of rotatable bonds is 7. The molecule has 3 amide bonds. The lowest BCUT2D eigenvalue weighted by Gasteiger charge is -2.24. The van der Waals surface area contributed by atoms with Gasteiger partial charge in [0.1, 0.15) is 18.4 Å². The summed E-state index contributed by atoms with van der Waals surface area (Å²) >= 11 is 5.75. The quantitative estimate of drug-likeness (QED) is 0.580. The highest BCUT2D eigenvalue weighted by Gasteiger charge is 2.24. The van der Waals surface area contributed by atoms with E-state index in [-0.39, 0.29) is 29.4 Å². The van der Waals surface area contributed by atoms with Crippen molar-refractivity contribution >= 4 is 40.2 Å². The van der Waals surface area contributed by atoms with Gasteiger partial charge >= 0.3 is 0 Å². The lowest BCUT2D eigenvalue weighted by atomic mass is 10.2. The number of hydrogen-bond acceptors (Lipinski definition) is 4. The molecule has 162 valence electrons. The van der Waals surface area contributed by atoms with Crippen LogP contribution < -0.4 is 11.1 Å². The molecule has 0 radical (unpaired) electrons. The maximum atomic E-state index is 14.0. The molecule has 0 unspecified atom stereocenters. The maximum absolute atomic E-state index is 14.0. The third-order valence-corrected chi connectivity index (χ3v) is 5.31. The number of nitrogens with zero attached hydrogens (tertiary/aromatic N) is 3. The first kappa shape index (κ1) is 22.2. The van der Waals surface area contributed by atoms with Crippen LogP contribution >= 0.6 is 11.6 Å². The third-order valence-electron chi connectivity index (χ3n) is 5.01. The zero-order chi connectivity index (χ0) is 22.7. The van der Waals surface area contributed by atoms with Gasteiger partial charge in [-0.05, 0) is 19.1 Å². The SMILES string of the molecule is C[C@@H](C(=O)NCc1cccc(Cl)c1F)N(C)C(=O)Cn1nc(C(N)=O)c2ccccc21. The third kappa shape index (κ3) is 4.66. The minimum atomic E-state index is -0.827. The Bertz CT molecular complexity index is 1160. The van der Waals surface area contributed by atoms with Gasteiger partial charge in [0.15, 0.2) is 5.69 Å². The average Bonchev–Trinajstić information content (AvgIpc) is 3.12. The number of primary amides is 1. The predicted molar refractivity (Wildman–Crippen MR) is 114 cm³/mol. The van der Waals surface area contributed by atoms with E-state index in [0.29, 0.717) is 10.9 Å². The van der Waals surface area contributed by atoms with Crippen LogP contribution in [0.15, 0.2) is 42.5 Å². The first-order valence-corrected chi connectivity index (χ1v) is 9.80. The minimum absolute atomic E-state index is 0.0335. The molecule has 3 rings (SSSR count). The van der Waals surface area contributed by atoms with Gasteiger partial charge in [-0.25, -0.2) is 4.39 Å². The number of para-hydroxylation sites is 1. The van der Waals surface area contributed by atoms with Crippen LogP contribution in [0.1, 0.15) is 23.0 Å². The van der Waals surface area contributed by atoms with Crippen LogP contribution in [0.4, 0.5) is 4.39 Å². The molecule has 1 heterocycles. The van der Waals surface area contributed by atoms with E-state index in [1.54, 1.807) is 37.3 Å². The van der Waals surface area contributed by atoms with Crippen LogP contribution in [0.2, 0.25) is 5.02 Å². The van der Waals surface area contributed by atoms with Crippen molar-refractivity contribution in [2.24, 2.45) is 5.73 Å². The minimum Gasteiger partial charge on any atom is -0.364 e. The number of amides is 3. The molecule has 0 saturated heterocycles. The molecule has 0 fully saturated rings. The number of hydrogen-bond donors (Lipinski definition) is 2. The Morgan fingerprint density at radius 3 is 2.65 bits per heavy atom. The summed E-state index contributed by atoms with van der Waals surface area (Å²) in [7, 11) is 1.48. The molecule has 1 aromatic heterocycles. The summed E-state index contributed by atoms with van der Waals surface area (Å²) in [4.78, 5) is 38.1. The Kier molecular flexibility index (Phi) is 6.55. The zero-order valence-corrected chi connectivity index (χ0v) is 17.7. The van der Waals surface area contributed by atoms with E-state index in [1.165, 1.54) is 28.8 Å². The number of likely N-dealkylation sites (N-methyl/N-ethyl adjacent to an activating group) is 1. The molecule has 0 aliphatic heterocycles. The number of carbonyl (C=O) groups excluding carboxylic acids is 3. The number of benzene rings is 2. The number of nitrogens with two attached hydrogens (primary N) is 1. The van der Waals surface area contributed by atoms with Gasteiger partial charge in [0, 0.05) is 24.5 Å². The van der Waals surface area contributed by atoms with E-state index in [0.717, 1.165) is 0 Å². The summed E-state index contributed by atoms with van der Waals surface area (Å²) in [5.74, 6) is -2.16. The van der Waals surface area contributed by atoms with Gasteiger partial charge in [0.25, 0.3) is 5.91 Å². The van der Waals surface area contributed by atoms with E-state index in [2.05, 4.69) is 10.4 Å². The molecule has 0 spiro atoms. The second-order valence-electron chi connectivity index (χ2n) is 7.00. The van der Waals surface area contributed by atoms with Crippen molar-refractivity contribution in [3.63, 3.8) is 0 Å². The number of halogens is 2. The molecular weight excluding hydrogens is 425 g/mol. The fourth-order valence-corrected chi connectivity index (χ4v) is 3.27. The first-order chi connectivity index (χ1) is 14.7. The molecule has 8 nitrogen and oxygen atoms in total. The summed E-state index contributed by atoms with van der Waals surface area (Å²) in [6.07, 6.45) is 0. The Hall–Kier alpha value is -3.46. The topological polar surface area (TPSA) is 110 Å². The Morgan fingerprint density at radius 1 is 1.23 bits per heavy atom. The van der Waals surface area contributed by atoms with E-state index < -0.39 is 29.6 Å². The van der Waals surface area contributed by atoms with Gasteiger partial charge in [-0.2, -0.15) is 5.10 Å². The Balaban J connectivity index is 1.68. The van der Waals surface area contributed by atoms with Crippen molar-refractivity contribution in [1.29, 1.82) is 0 Å². The molecule has 0 aliphatic rings. The molecule has 3 N–H and O–H groups in total. The van der Waals surface area contributed by atoms with Gasteiger partial charge in [-0.1, -0.05) is 41.9 Å². The molecular formula is C21H21ClFN5O3. The van der Waals surface area contributed by atoms with Crippen LogP contribution in [0, 0.1) is 5.82 Å². The maximum Gasteiger partial charge on any atom is 0.269 e. The summed E-state index contributed by atoms with van der Waals surface area (Å²) in [6, 6.07) is 10.6. The molecule has 0 bridgehead atoms. The van der Waals surface area contributed by atoms with Crippen LogP contribution in [-0.2, 0) is 22.7 Å². The van der Waals surface area contributed by atoms with Crippen molar-refractivity contribution in [3.8, 4) is 0 Å². The summed E-state index contributed by atoms with van der Waals surface area (Å²) in [5, 5.41) is 7.26. The molecule has 1 atom stereocenters. The second kappa shape index (κ2) is 9.13. The van der Waals surface area contributed by atoms with E-state index in [9.17, 15) is 18.8 Å². The normalized spacial score (nSPS) is 11.9. The van der Waals surface area contributed by atoms with Crippen LogP contribution in [0.25, 0.3) is 10.9 Å². The number of carbonyl (C=O) groups is 3. The van der Waals surface area contributed by atoms with Crippen LogP contribution in [-0.4, -0.2) is 45.5 Å². The summed E-state index contributed by atoms with van der Waals surface area (Å²) < 4.78 is 15.4. The number of aromatic nitrogens is 2. The highest BCUT2D eigenvalue weighted by molar-refractivity contribution is 6.30. The average molecular weight is 446 g/mol. The fourth-order valence-electron chi connectivity index (χ4n) is 3.08. The van der Waals surface area contributed by atoms with Gasteiger partial charge in [-0.15, -0.1) is 0 Å².